The maximum Gasteiger partial charge on any atom is 0.341 e. The SMILES string of the molecule is COC(=O)c1cccn2nc(COc3cccc(Cl)c3)nc12. The van der Waals surface area contributed by atoms with Gasteiger partial charge in [-0.3, -0.25) is 0 Å². The van der Waals surface area contributed by atoms with Crippen molar-refractivity contribution in [2.24, 2.45) is 0 Å². The Bertz CT molecular complexity index is 832. The van der Waals surface area contributed by atoms with Crippen molar-refractivity contribution >= 4 is 23.2 Å². The van der Waals surface area contributed by atoms with Crippen molar-refractivity contribution in [2.75, 3.05) is 7.11 Å². The van der Waals surface area contributed by atoms with Crippen LogP contribution in [0, 0.1) is 0 Å². The van der Waals surface area contributed by atoms with E-state index in [0.717, 1.165) is 0 Å². The molecule has 112 valence electrons. The van der Waals surface area contributed by atoms with E-state index in [2.05, 4.69) is 10.1 Å². The highest BCUT2D eigenvalue weighted by Gasteiger charge is 2.14. The molecule has 1 aromatic carbocycles. The van der Waals surface area contributed by atoms with Crippen molar-refractivity contribution in [3.05, 3.63) is 59.0 Å². The van der Waals surface area contributed by atoms with E-state index in [1.807, 2.05) is 0 Å². The van der Waals surface area contributed by atoms with Crippen molar-refractivity contribution in [1.82, 2.24) is 14.6 Å². The normalized spacial score (nSPS) is 10.6. The van der Waals surface area contributed by atoms with E-state index in [1.54, 1.807) is 42.6 Å². The molecular formula is C15H12ClN3O3. The first-order chi connectivity index (χ1) is 10.7. The monoisotopic (exact) mass is 317 g/mol. The summed E-state index contributed by atoms with van der Waals surface area (Å²) in [5, 5.41) is 4.86. The molecule has 7 heteroatoms. The molecule has 0 saturated heterocycles. The van der Waals surface area contributed by atoms with Gasteiger partial charge in [-0.25, -0.2) is 14.3 Å². The Morgan fingerprint density at radius 3 is 2.95 bits per heavy atom. The first-order valence-corrected chi connectivity index (χ1v) is 6.86. The van der Waals surface area contributed by atoms with Crippen LogP contribution < -0.4 is 4.74 Å². The van der Waals surface area contributed by atoms with Crippen LogP contribution in [-0.2, 0) is 11.3 Å². The molecule has 3 aromatic rings. The van der Waals surface area contributed by atoms with Crippen molar-refractivity contribution in [3.63, 3.8) is 0 Å². The zero-order valence-electron chi connectivity index (χ0n) is 11.7. The molecule has 0 atom stereocenters. The lowest BCUT2D eigenvalue weighted by atomic mass is 10.3. The Labute approximate surface area is 131 Å². The molecule has 0 unspecified atom stereocenters. The van der Waals surface area contributed by atoms with Crippen LogP contribution in [0.1, 0.15) is 16.2 Å². The minimum atomic E-state index is -0.458. The third kappa shape index (κ3) is 2.87. The highest BCUT2D eigenvalue weighted by molar-refractivity contribution is 6.30. The van der Waals surface area contributed by atoms with Gasteiger partial charge < -0.3 is 9.47 Å². The number of carbonyl (C=O) groups excluding carboxylic acids is 1. The van der Waals surface area contributed by atoms with Crippen LogP contribution in [0.3, 0.4) is 0 Å². The number of hydrogen-bond donors (Lipinski definition) is 0. The van der Waals surface area contributed by atoms with E-state index < -0.39 is 5.97 Å². The Morgan fingerprint density at radius 1 is 1.32 bits per heavy atom. The van der Waals surface area contributed by atoms with Gasteiger partial charge in [0.2, 0.25) is 0 Å². The van der Waals surface area contributed by atoms with Crippen LogP contribution >= 0.6 is 11.6 Å². The van der Waals surface area contributed by atoms with Crippen LogP contribution in [0.15, 0.2) is 42.6 Å². The van der Waals surface area contributed by atoms with Gasteiger partial charge in [-0.15, -0.1) is 5.10 Å². The Kier molecular flexibility index (Phi) is 3.93. The largest absolute Gasteiger partial charge is 0.485 e. The first-order valence-electron chi connectivity index (χ1n) is 6.48. The van der Waals surface area contributed by atoms with Gasteiger partial charge in [0.05, 0.1) is 7.11 Å². The maximum absolute atomic E-state index is 11.7. The number of methoxy groups -OCH3 is 1. The molecule has 22 heavy (non-hydrogen) atoms. The second kappa shape index (κ2) is 6.03. The van der Waals surface area contributed by atoms with E-state index in [-0.39, 0.29) is 6.61 Å². The molecule has 0 aliphatic rings. The van der Waals surface area contributed by atoms with Gasteiger partial charge in [0.15, 0.2) is 11.5 Å². The van der Waals surface area contributed by atoms with Crippen molar-refractivity contribution in [2.45, 2.75) is 6.61 Å². The van der Waals surface area contributed by atoms with E-state index >= 15 is 0 Å². The predicted molar refractivity (Wildman–Crippen MR) is 80.1 cm³/mol. The summed E-state index contributed by atoms with van der Waals surface area (Å²) in [5.41, 5.74) is 0.783. The quantitative estimate of drug-likeness (QED) is 0.692. The number of nitrogens with zero attached hydrogens (tertiary/aromatic N) is 3. The molecule has 6 nitrogen and oxygen atoms in total. The predicted octanol–water partition coefficient (Wildman–Crippen LogP) is 2.75. The van der Waals surface area contributed by atoms with Gasteiger partial charge in [-0.1, -0.05) is 17.7 Å². The number of halogens is 1. The molecule has 0 aliphatic heterocycles. The number of fused-ring (bicyclic) bond motifs is 1. The lowest BCUT2D eigenvalue weighted by Crippen LogP contribution is -2.04. The van der Waals surface area contributed by atoms with Gasteiger partial charge in [0.1, 0.15) is 17.9 Å². The van der Waals surface area contributed by atoms with E-state index in [1.165, 1.54) is 11.6 Å². The molecule has 0 spiro atoms. The zero-order valence-corrected chi connectivity index (χ0v) is 12.4. The summed E-state index contributed by atoms with van der Waals surface area (Å²) in [6.07, 6.45) is 1.71. The fraction of sp³-hybridized carbons (Fsp3) is 0.133. The first kappa shape index (κ1) is 14.3. The van der Waals surface area contributed by atoms with Gasteiger partial charge in [-0.05, 0) is 30.3 Å². The summed E-state index contributed by atoms with van der Waals surface area (Å²) >= 11 is 5.90. The molecule has 0 bridgehead atoms. The van der Waals surface area contributed by atoms with Gasteiger partial charge in [0, 0.05) is 11.2 Å². The molecule has 0 saturated carbocycles. The second-order valence-corrected chi connectivity index (χ2v) is 4.89. The smallest absolute Gasteiger partial charge is 0.341 e. The van der Waals surface area contributed by atoms with Crippen LogP contribution in [-0.4, -0.2) is 27.7 Å². The number of benzene rings is 1. The molecule has 0 aliphatic carbocycles. The second-order valence-electron chi connectivity index (χ2n) is 4.46. The fourth-order valence-electron chi connectivity index (χ4n) is 1.99. The highest BCUT2D eigenvalue weighted by Crippen LogP contribution is 2.18. The number of esters is 1. The molecular weight excluding hydrogens is 306 g/mol. The number of aromatic nitrogens is 3. The van der Waals surface area contributed by atoms with Crippen LogP contribution in [0.5, 0.6) is 5.75 Å². The van der Waals surface area contributed by atoms with E-state index in [4.69, 9.17) is 21.1 Å². The van der Waals surface area contributed by atoms with Gasteiger partial charge in [0.25, 0.3) is 0 Å². The molecule has 2 heterocycles. The summed E-state index contributed by atoms with van der Waals surface area (Å²) in [5.74, 6) is 0.621. The summed E-state index contributed by atoms with van der Waals surface area (Å²) < 4.78 is 11.8. The van der Waals surface area contributed by atoms with Crippen LogP contribution in [0.25, 0.3) is 5.65 Å². The minimum absolute atomic E-state index is 0.169. The minimum Gasteiger partial charge on any atom is -0.485 e. The molecule has 3 rings (SSSR count). The third-order valence-electron chi connectivity index (χ3n) is 2.98. The summed E-state index contributed by atoms with van der Waals surface area (Å²) in [4.78, 5) is 16.0. The van der Waals surface area contributed by atoms with E-state index in [9.17, 15) is 4.79 Å². The molecule has 0 amide bonds. The summed E-state index contributed by atoms with van der Waals surface area (Å²) in [6.45, 7) is 0.169. The average Bonchev–Trinajstić information content (AvgIpc) is 2.95. The van der Waals surface area contributed by atoms with Crippen LogP contribution in [0.4, 0.5) is 0 Å². The lowest BCUT2D eigenvalue weighted by molar-refractivity contribution is 0.0602. The van der Waals surface area contributed by atoms with Gasteiger partial charge >= 0.3 is 5.97 Å². The van der Waals surface area contributed by atoms with Crippen molar-refractivity contribution < 1.29 is 14.3 Å². The number of pyridine rings is 1. The Balaban J connectivity index is 1.85. The number of rotatable bonds is 4. The highest BCUT2D eigenvalue weighted by atomic mass is 35.5. The van der Waals surface area contributed by atoms with Gasteiger partial charge in [-0.2, -0.15) is 0 Å². The van der Waals surface area contributed by atoms with Crippen molar-refractivity contribution in [1.29, 1.82) is 0 Å². The lowest BCUT2D eigenvalue weighted by Gasteiger charge is -2.02. The fourth-order valence-corrected chi connectivity index (χ4v) is 2.17. The summed E-state index contributed by atoms with van der Waals surface area (Å²) in [6, 6.07) is 10.4. The molecule has 0 radical (unpaired) electrons. The van der Waals surface area contributed by atoms with Crippen LogP contribution in [0.2, 0.25) is 5.02 Å². The zero-order chi connectivity index (χ0) is 15.5. The molecule has 0 N–H and O–H groups in total. The Hall–Kier alpha value is -2.60. The number of ether oxygens (including phenoxy) is 2. The topological polar surface area (TPSA) is 65.7 Å². The van der Waals surface area contributed by atoms with E-state index in [0.29, 0.717) is 27.8 Å². The van der Waals surface area contributed by atoms with Crippen molar-refractivity contribution in [3.8, 4) is 5.75 Å². The maximum atomic E-state index is 11.7. The standard InChI is InChI=1S/C15H12ClN3O3/c1-21-15(20)12-6-3-7-19-14(12)17-13(18-19)9-22-11-5-2-4-10(16)8-11/h2-8H,9H2,1H3. The Morgan fingerprint density at radius 2 is 2.18 bits per heavy atom. The summed E-state index contributed by atoms with van der Waals surface area (Å²) in [7, 11) is 1.32. The molecule has 0 fully saturated rings. The number of carbonyl (C=O) groups is 1. The third-order valence-corrected chi connectivity index (χ3v) is 3.21. The molecule has 2 aromatic heterocycles. The average molecular weight is 318 g/mol. The number of hydrogen-bond acceptors (Lipinski definition) is 5.